The second-order valence-corrected chi connectivity index (χ2v) is 5.90. The first-order valence-corrected chi connectivity index (χ1v) is 7.60. The van der Waals surface area contributed by atoms with Gasteiger partial charge in [0.25, 0.3) is 0 Å². The largest absolute Gasteiger partial charge is 0.462 e. The first-order valence-electron chi connectivity index (χ1n) is 7.60. The fraction of sp³-hybridized carbons (Fsp3) is 0.588. The number of esters is 1. The Balaban J connectivity index is 1.58. The Kier molecular flexibility index (Phi) is 3.86. The summed E-state index contributed by atoms with van der Waals surface area (Å²) < 4.78 is 5.71. The molecule has 0 spiro atoms. The zero-order valence-electron chi connectivity index (χ0n) is 11.4. The summed E-state index contributed by atoms with van der Waals surface area (Å²) in [7, 11) is 0. The van der Waals surface area contributed by atoms with E-state index in [1.54, 1.807) is 0 Å². The minimum atomic E-state index is 0.0482. The number of carbonyl (C=O) groups excluding carboxylic acids is 1. The first-order chi connectivity index (χ1) is 9.34. The van der Waals surface area contributed by atoms with Crippen LogP contribution in [0.2, 0.25) is 0 Å². The average molecular weight is 258 g/mol. The summed E-state index contributed by atoms with van der Waals surface area (Å²) in [6.07, 6.45) is 8.15. The highest BCUT2D eigenvalue weighted by Crippen LogP contribution is 2.43. The molecule has 2 aliphatic rings. The highest BCUT2D eigenvalue weighted by Gasteiger charge is 2.39. The van der Waals surface area contributed by atoms with Crippen molar-refractivity contribution in [1.82, 2.24) is 0 Å². The molecule has 0 heterocycles. The summed E-state index contributed by atoms with van der Waals surface area (Å²) in [5.41, 5.74) is 1.29. The fourth-order valence-corrected chi connectivity index (χ4v) is 3.32. The van der Waals surface area contributed by atoms with Crippen molar-refractivity contribution in [1.29, 1.82) is 0 Å². The molecule has 2 atom stereocenters. The maximum Gasteiger partial charge on any atom is 0.309 e. The van der Waals surface area contributed by atoms with Crippen LogP contribution in [0, 0.1) is 5.92 Å². The maximum atomic E-state index is 12.3. The summed E-state index contributed by atoms with van der Waals surface area (Å²) in [5, 5.41) is 0. The molecule has 0 amide bonds. The van der Waals surface area contributed by atoms with Crippen LogP contribution in [-0.2, 0) is 9.53 Å². The number of hydrogen-bond donors (Lipinski definition) is 0. The van der Waals surface area contributed by atoms with Gasteiger partial charge >= 0.3 is 5.97 Å². The van der Waals surface area contributed by atoms with E-state index in [1.807, 2.05) is 6.07 Å². The van der Waals surface area contributed by atoms with Crippen LogP contribution < -0.4 is 0 Å². The van der Waals surface area contributed by atoms with Crippen LogP contribution in [0.15, 0.2) is 30.3 Å². The van der Waals surface area contributed by atoms with Gasteiger partial charge in [-0.3, -0.25) is 4.79 Å². The molecule has 2 nitrogen and oxygen atoms in total. The van der Waals surface area contributed by atoms with Gasteiger partial charge in [-0.05, 0) is 50.0 Å². The van der Waals surface area contributed by atoms with Crippen LogP contribution in [-0.4, -0.2) is 12.1 Å². The van der Waals surface area contributed by atoms with Gasteiger partial charge in [0, 0.05) is 0 Å². The molecule has 0 aromatic heterocycles. The van der Waals surface area contributed by atoms with E-state index in [2.05, 4.69) is 24.3 Å². The summed E-state index contributed by atoms with van der Waals surface area (Å²) in [5.74, 6) is 0.536. The van der Waals surface area contributed by atoms with E-state index in [9.17, 15) is 4.79 Å². The summed E-state index contributed by atoms with van der Waals surface area (Å²) in [6.45, 7) is 0. The minimum absolute atomic E-state index is 0.0482. The van der Waals surface area contributed by atoms with E-state index in [0.717, 1.165) is 25.7 Å². The summed E-state index contributed by atoms with van der Waals surface area (Å²) >= 11 is 0. The van der Waals surface area contributed by atoms with Crippen molar-refractivity contribution < 1.29 is 9.53 Å². The van der Waals surface area contributed by atoms with Crippen LogP contribution in [0.3, 0.4) is 0 Å². The highest BCUT2D eigenvalue weighted by molar-refractivity contribution is 5.75. The Hall–Kier alpha value is -1.31. The molecule has 19 heavy (non-hydrogen) atoms. The maximum absolute atomic E-state index is 12.3. The molecule has 0 bridgehead atoms. The Morgan fingerprint density at radius 1 is 0.947 bits per heavy atom. The topological polar surface area (TPSA) is 26.3 Å². The van der Waals surface area contributed by atoms with Crippen molar-refractivity contribution in [3.8, 4) is 0 Å². The first kappa shape index (κ1) is 12.7. The third-order valence-electron chi connectivity index (χ3n) is 4.64. The quantitative estimate of drug-likeness (QED) is 0.764. The summed E-state index contributed by atoms with van der Waals surface area (Å²) in [4.78, 5) is 12.3. The molecule has 0 saturated heterocycles. The molecule has 2 fully saturated rings. The smallest absolute Gasteiger partial charge is 0.309 e. The van der Waals surface area contributed by atoms with Gasteiger partial charge in [-0.2, -0.15) is 0 Å². The fourth-order valence-electron chi connectivity index (χ4n) is 3.32. The van der Waals surface area contributed by atoms with Gasteiger partial charge < -0.3 is 4.74 Å². The normalized spacial score (nSPS) is 27.6. The van der Waals surface area contributed by atoms with Crippen molar-refractivity contribution in [3.63, 3.8) is 0 Å². The Morgan fingerprint density at radius 2 is 1.68 bits per heavy atom. The van der Waals surface area contributed by atoms with E-state index >= 15 is 0 Å². The van der Waals surface area contributed by atoms with Gasteiger partial charge in [-0.1, -0.05) is 36.8 Å². The van der Waals surface area contributed by atoms with Gasteiger partial charge in [0.2, 0.25) is 0 Å². The van der Waals surface area contributed by atoms with Crippen LogP contribution in [0.4, 0.5) is 0 Å². The van der Waals surface area contributed by atoms with Gasteiger partial charge in [-0.25, -0.2) is 0 Å². The summed E-state index contributed by atoms with van der Waals surface area (Å²) in [6, 6.07) is 10.4. The van der Waals surface area contributed by atoms with E-state index in [0.29, 0.717) is 5.92 Å². The lowest BCUT2D eigenvalue weighted by atomic mass is 9.70. The predicted molar refractivity (Wildman–Crippen MR) is 74.9 cm³/mol. The van der Waals surface area contributed by atoms with Crippen molar-refractivity contribution in [2.75, 3.05) is 0 Å². The molecule has 0 N–H and O–H groups in total. The van der Waals surface area contributed by atoms with Crippen molar-refractivity contribution in [2.24, 2.45) is 5.92 Å². The molecule has 1 aromatic rings. The van der Waals surface area contributed by atoms with Crippen molar-refractivity contribution >= 4 is 5.97 Å². The lowest BCUT2D eigenvalue weighted by Crippen LogP contribution is -2.35. The van der Waals surface area contributed by atoms with E-state index in [4.69, 9.17) is 4.74 Å². The molecule has 0 aliphatic heterocycles. The molecule has 102 valence electrons. The Labute approximate surface area is 115 Å². The number of carbonyl (C=O) groups is 1. The van der Waals surface area contributed by atoms with Crippen LogP contribution in [0.1, 0.15) is 56.4 Å². The van der Waals surface area contributed by atoms with Crippen molar-refractivity contribution in [2.45, 2.75) is 57.0 Å². The van der Waals surface area contributed by atoms with Gasteiger partial charge in [0.1, 0.15) is 6.10 Å². The average Bonchev–Trinajstić information content (AvgIpc) is 2.39. The molecule has 3 rings (SSSR count). The number of benzene rings is 1. The lowest BCUT2D eigenvalue weighted by molar-refractivity contribution is -0.159. The number of ether oxygens (including phenoxy) is 1. The van der Waals surface area contributed by atoms with Gasteiger partial charge in [0.05, 0.1) is 5.92 Å². The van der Waals surface area contributed by atoms with E-state index < -0.39 is 0 Å². The van der Waals surface area contributed by atoms with E-state index in [1.165, 1.54) is 24.8 Å². The third kappa shape index (κ3) is 2.83. The Bertz CT molecular complexity index is 420. The SMILES string of the molecule is O=C(OC1CCCCC1)C1CCC1c1ccccc1. The van der Waals surface area contributed by atoms with Gasteiger partial charge in [0.15, 0.2) is 0 Å². The number of hydrogen-bond acceptors (Lipinski definition) is 2. The Morgan fingerprint density at radius 3 is 2.32 bits per heavy atom. The van der Waals surface area contributed by atoms with Gasteiger partial charge in [-0.15, -0.1) is 0 Å². The second-order valence-electron chi connectivity index (χ2n) is 5.90. The zero-order valence-corrected chi connectivity index (χ0v) is 11.4. The highest BCUT2D eigenvalue weighted by atomic mass is 16.5. The zero-order chi connectivity index (χ0) is 13.1. The molecule has 2 aliphatic carbocycles. The second kappa shape index (κ2) is 5.77. The van der Waals surface area contributed by atoms with Crippen LogP contribution in [0.25, 0.3) is 0 Å². The molecule has 0 radical (unpaired) electrons. The monoisotopic (exact) mass is 258 g/mol. The molecule has 1 aromatic carbocycles. The predicted octanol–water partition coefficient (Wildman–Crippen LogP) is 4.06. The third-order valence-corrected chi connectivity index (χ3v) is 4.64. The van der Waals surface area contributed by atoms with E-state index in [-0.39, 0.29) is 18.0 Å². The van der Waals surface area contributed by atoms with Crippen LogP contribution >= 0.6 is 0 Å². The lowest BCUT2D eigenvalue weighted by Gasteiger charge is -2.36. The standard InChI is InChI=1S/C17H22O2/c18-17(19-14-9-5-2-6-10-14)16-12-11-15(16)13-7-3-1-4-8-13/h1,3-4,7-8,14-16H,2,5-6,9-12H2. The van der Waals surface area contributed by atoms with Crippen molar-refractivity contribution in [3.05, 3.63) is 35.9 Å². The molecule has 2 saturated carbocycles. The van der Waals surface area contributed by atoms with Crippen LogP contribution in [0.5, 0.6) is 0 Å². The molecular weight excluding hydrogens is 236 g/mol. The molecule has 2 unspecified atom stereocenters. The molecular formula is C17H22O2. The minimum Gasteiger partial charge on any atom is -0.462 e. The number of rotatable bonds is 3. The molecule has 2 heteroatoms.